The van der Waals surface area contributed by atoms with Crippen molar-refractivity contribution < 1.29 is 49.1 Å². The van der Waals surface area contributed by atoms with Crippen molar-refractivity contribution in [1.29, 1.82) is 0 Å². The van der Waals surface area contributed by atoms with E-state index in [1.54, 1.807) is 19.2 Å². The molecule has 2 aliphatic rings. The Bertz CT molecular complexity index is 2000. The summed E-state index contributed by atoms with van der Waals surface area (Å²) in [5, 5.41) is 40.0. The summed E-state index contributed by atoms with van der Waals surface area (Å²) in [4.78, 5) is 64.9. The number of carboxylic acids is 4. The van der Waals surface area contributed by atoms with E-state index in [2.05, 4.69) is 36.8 Å². The third-order valence-electron chi connectivity index (χ3n) is 9.08. The van der Waals surface area contributed by atoms with Crippen LogP contribution in [0.3, 0.4) is 0 Å². The van der Waals surface area contributed by atoms with E-state index in [1.807, 2.05) is 36.4 Å². The Morgan fingerprint density at radius 3 is 1.88 bits per heavy atom. The van der Waals surface area contributed by atoms with Crippen LogP contribution in [-0.2, 0) is 19.2 Å². The fourth-order valence-electron chi connectivity index (χ4n) is 6.32. The number of benzene rings is 2. The molecule has 2 fully saturated rings. The number of piperazine rings is 1. The van der Waals surface area contributed by atoms with Crippen molar-refractivity contribution >= 4 is 52.3 Å². The van der Waals surface area contributed by atoms with Gasteiger partial charge in [0.05, 0.1) is 24.2 Å². The average Bonchev–Trinajstić information content (AvgIpc) is 3.58. The highest BCUT2D eigenvalue weighted by Gasteiger charge is 2.31. The molecule has 2 aromatic heterocycles. The monoisotopic (exact) mass is 772 g/mol. The first kappa shape index (κ1) is 42.1. The van der Waals surface area contributed by atoms with Gasteiger partial charge in [-0.15, -0.1) is 0 Å². The van der Waals surface area contributed by atoms with Crippen LogP contribution in [0.15, 0.2) is 79.2 Å². The molecular formula is C38H44N8O10. The number of hydrogen-bond donors (Lipinski definition) is 6. The fourth-order valence-corrected chi connectivity index (χ4v) is 6.32. The van der Waals surface area contributed by atoms with Crippen molar-refractivity contribution in [2.24, 2.45) is 0 Å². The summed E-state index contributed by atoms with van der Waals surface area (Å²) >= 11 is 0. The molecule has 18 heteroatoms. The second kappa shape index (κ2) is 20.1. The largest absolute Gasteiger partial charge is 0.495 e. The van der Waals surface area contributed by atoms with Gasteiger partial charge in [-0.3, -0.25) is 9.69 Å². The van der Waals surface area contributed by atoms with Gasteiger partial charge < -0.3 is 41.1 Å². The second-order valence-corrected chi connectivity index (χ2v) is 12.8. The molecule has 7 N–H and O–H groups in total. The number of fused-ring (bicyclic) bond motifs is 1. The van der Waals surface area contributed by atoms with Gasteiger partial charge in [0.15, 0.2) is 5.65 Å². The molecule has 1 aliphatic carbocycles. The molecule has 18 nitrogen and oxygen atoms in total. The molecule has 2 aromatic carbocycles. The molecule has 296 valence electrons. The summed E-state index contributed by atoms with van der Waals surface area (Å²) in [6.07, 6.45) is 8.13. The first-order valence-corrected chi connectivity index (χ1v) is 17.5. The van der Waals surface area contributed by atoms with Crippen LogP contribution in [0.1, 0.15) is 42.1 Å². The van der Waals surface area contributed by atoms with Gasteiger partial charge in [0.2, 0.25) is 0 Å². The summed E-state index contributed by atoms with van der Waals surface area (Å²) < 4.78 is 7.72. The molecule has 1 saturated heterocycles. The molecule has 6 rings (SSSR count). The number of ether oxygens (including phenoxy) is 1. The number of hydrogen-bond acceptors (Lipinski definition) is 12. The molecule has 1 amide bonds. The molecular weight excluding hydrogens is 728 g/mol. The number of aromatic nitrogens is 4. The second-order valence-electron chi connectivity index (χ2n) is 12.8. The fraction of sp³-hybridized carbons (Fsp3) is 0.316. The number of nitrogens with two attached hydrogens (primary N) is 1. The molecule has 3 heterocycles. The van der Waals surface area contributed by atoms with Crippen LogP contribution < -0.4 is 15.8 Å². The first-order valence-electron chi connectivity index (χ1n) is 17.5. The lowest BCUT2D eigenvalue weighted by atomic mass is 9.90. The van der Waals surface area contributed by atoms with Crippen LogP contribution in [0.25, 0.3) is 22.3 Å². The minimum atomic E-state index is -1.26. The topological polar surface area (TPSA) is 264 Å². The first-order chi connectivity index (χ1) is 26.8. The number of amides is 1. The highest BCUT2D eigenvalue weighted by Crippen LogP contribution is 2.39. The van der Waals surface area contributed by atoms with Crippen LogP contribution in [0, 0.1) is 0 Å². The van der Waals surface area contributed by atoms with E-state index in [0.29, 0.717) is 58.9 Å². The predicted octanol–water partition coefficient (Wildman–Crippen LogP) is 3.49. The predicted molar refractivity (Wildman–Crippen MR) is 205 cm³/mol. The Hall–Kier alpha value is -6.66. The van der Waals surface area contributed by atoms with Gasteiger partial charge in [0, 0.05) is 67.7 Å². The van der Waals surface area contributed by atoms with Crippen molar-refractivity contribution in [3.05, 3.63) is 84.7 Å². The lowest BCUT2D eigenvalue weighted by molar-refractivity contribution is -0.134. The molecule has 56 heavy (non-hydrogen) atoms. The van der Waals surface area contributed by atoms with Crippen molar-refractivity contribution in [1.82, 2.24) is 29.5 Å². The van der Waals surface area contributed by atoms with E-state index < -0.39 is 23.9 Å². The molecule has 0 unspecified atom stereocenters. The maximum atomic E-state index is 12.8. The van der Waals surface area contributed by atoms with E-state index in [9.17, 15) is 24.0 Å². The summed E-state index contributed by atoms with van der Waals surface area (Å²) in [7, 11) is 3.79. The Morgan fingerprint density at radius 2 is 1.34 bits per heavy atom. The van der Waals surface area contributed by atoms with E-state index in [4.69, 9.17) is 36.0 Å². The number of rotatable bonds is 10. The Kier molecular flexibility index (Phi) is 15.1. The molecule has 0 radical (unpaired) electrons. The van der Waals surface area contributed by atoms with Crippen molar-refractivity contribution in [2.75, 3.05) is 51.4 Å². The molecule has 1 aliphatic heterocycles. The van der Waals surface area contributed by atoms with Crippen LogP contribution in [0.2, 0.25) is 0 Å². The molecule has 0 atom stereocenters. The summed E-state index contributed by atoms with van der Waals surface area (Å²) in [6.45, 7) is 4.57. The zero-order chi connectivity index (χ0) is 40.8. The summed E-state index contributed by atoms with van der Waals surface area (Å²) in [6, 6.07) is 15.6. The third kappa shape index (κ3) is 11.9. The average molecular weight is 773 g/mol. The number of carboxylic acid groups (broad SMARTS) is 4. The van der Waals surface area contributed by atoms with E-state index in [-0.39, 0.29) is 11.9 Å². The summed E-state index contributed by atoms with van der Waals surface area (Å²) in [5.74, 6) is -4.30. The maximum Gasteiger partial charge on any atom is 0.328 e. The molecule has 1 saturated carbocycles. The van der Waals surface area contributed by atoms with E-state index >= 15 is 0 Å². The number of nitrogens with one attached hydrogen (secondary N) is 1. The summed E-state index contributed by atoms with van der Waals surface area (Å²) in [5.41, 5.74) is 9.85. The Labute approximate surface area is 321 Å². The minimum absolute atomic E-state index is 0.203. The van der Waals surface area contributed by atoms with E-state index in [0.717, 1.165) is 68.5 Å². The van der Waals surface area contributed by atoms with Gasteiger partial charge in [0.1, 0.15) is 23.6 Å². The number of carbonyl (C=O) groups excluding carboxylic acids is 1. The number of carbonyl (C=O) groups is 5. The van der Waals surface area contributed by atoms with Gasteiger partial charge in [-0.1, -0.05) is 24.3 Å². The zero-order valence-corrected chi connectivity index (χ0v) is 30.8. The van der Waals surface area contributed by atoms with Gasteiger partial charge in [-0.25, -0.2) is 33.8 Å². The maximum absolute atomic E-state index is 12.8. The SMILES string of the molecule is COc1cc(-c2nn(C3CCC(N4CCN(C)CC4)CC3)c3ncnc(N)c23)ccc1NC(=O)c1ccccc1.O=C(O)/C=C\C(=O)O.O=C(O)/C=C\C(=O)O. The number of aliphatic carboxylic acids is 4. The number of methoxy groups -OCH3 is 1. The van der Waals surface area contributed by atoms with Crippen molar-refractivity contribution in [3.8, 4) is 17.0 Å². The van der Waals surface area contributed by atoms with Gasteiger partial charge >= 0.3 is 23.9 Å². The van der Waals surface area contributed by atoms with Gasteiger partial charge in [0.25, 0.3) is 5.91 Å². The third-order valence-corrected chi connectivity index (χ3v) is 9.08. The Balaban J connectivity index is 0.000000366. The normalized spacial score (nSPS) is 17.3. The van der Waals surface area contributed by atoms with Gasteiger partial charge in [-0.05, 0) is 57.0 Å². The lowest BCUT2D eigenvalue weighted by Crippen LogP contribution is -2.49. The van der Waals surface area contributed by atoms with E-state index in [1.165, 1.54) is 6.33 Å². The number of likely N-dealkylation sites (N-methyl/N-ethyl adjacent to an activating group) is 1. The molecule has 0 spiro atoms. The highest BCUT2D eigenvalue weighted by molar-refractivity contribution is 6.05. The quantitative estimate of drug-likeness (QED) is 0.126. The highest BCUT2D eigenvalue weighted by atomic mass is 16.5. The molecule has 0 bridgehead atoms. The van der Waals surface area contributed by atoms with Crippen LogP contribution in [0.4, 0.5) is 11.5 Å². The number of nitrogens with zero attached hydrogens (tertiary/aromatic N) is 6. The van der Waals surface area contributed by atoms with Crippen molar-refractivity contribution in [3.63, 3.8) is 0 Å². The van der Waals surface area contributed by atoms with Crippen LogP contribution >= 0.6 is 0 Å². The van der Waals surface area contributed by atoms with Crippen LogP contribution in [0.5, 0.6) is 5.75 Å². The molecule has 4 aromatic rings. The minimum Gasteiger partial charge on any atom is -0.495 e. The van der Waals surface area contributed by atoms with Crippen molar-refractivity contribution in [2.45, 2.75) is 37.8 Å². The lowest BCUT2D eigenvalue weighted by Gasteiger charge is -2.41. The number of anilines is 2. The zero-order valence-electron chi connectivity index (χ0n) is 30.8. The standard InChI is InChI=1S/C30H36N8O2.2C4H4O4/c1-36-14-16-37(17-15-36)22-9-11-23(12-10-22)38-29-26(28(31)32-19-33-29)27(35-38)21-8-13-24(25(18-21)40-2)34-30(39)20-6-4-3-5-7-20;2*5-3(6)1-2-4(7)8/h3-8,13,18-19,22-23H,9-12,14-17H2,1-2H3,(H,34,39)(H2,31,32,33);2*1-2H,(H,5,6)(H,7,8)/b;2*2-1-. The van der Waals surface area contributed by atoms with Gasteiger partial charge in [-0.2, -0.15) is 5.10 Å². The van der Waals surface area contributed by atoms with Crippen LogP contribution in [-0.4, -0.2) is 126 Å². The Morgan fingerprint density at radius 1 is 0.786 bits per heavy atom. The number of nitrogen functional groups attached to an aromatic ring is 1. The smallest absolute Gasteiger partial charge is 0.328 e.